The summed E-state index contributed by atoms with van der Waals surface area (Å²) in [6, 6.07) is 4.55. The van der Waals surface area contributed by atoms with Gasteiger partial charge in [0, 0.05) is 31.4 Å². The van der Waals surface area contributed by atoms with E-state index in [1.165, 1.54) is 6.42 Å². The van der Waals surface area contributed by atoms with E-state index in [0.717, 1.165) is 31.1 Å². The van der Waals surface area contributed by atoms with E-state index < -0.39 is 0 Å². The number of anilines is 1. The molecule has 90 valence electrons. The van der Waals surface area contributed by atoms with Crippen molar-refractivity contribution < 1.29 is 0 Å². The predicted molar refractivity (Wildman–Crippen MR) is 67.3 cm³/mol. The van der Waals surface area contributed by atoms with Crippen molar-refractivity contribution >= 4 is 11.5 Å². The number of nitrogens with zero attached hydrogens (tertiary/aromatic N) is 4. The van der Waals surface area contributed by atoms with Crippen molar-refractivity contribution in [3.8, 4) is 0 Å². The number of nitrogens with one attached hydrogen (secondary N) is 1. The Morgan fingerprint density at radius 3 is 3.24 bits per heavy atom. The highest BCUT2D eigenvalue weighted by Crippen LogP contribution is 2.18. The monoisotopic (exact) mass is 231 g/mol. The SMILES string of the molecule is CCN(c1ccn2nccc2n1)C1CCNC1. The van der Waals surface area contributed by atoms with E-state index >= 15 is 0 Å². The summed E-state index contributed by atoms with van der Waals surface area (Å²) >= 11 is 0. The minimum Gasteiger partial charge on any atom is -0.352 e. The van der Waals surface area contributed by atoms with Crippen molar-refractivity contribution in [1.82, 2.24) is 19.9 Å². The van der Waals surface area contributed by atoms with E-state index in [9.17, 15) is 0 Å². The normalized spacial score (nSPS) is 19.9. The van der Waals surface area contributed by atoms with E-state index in [1.54, 1.807) is 10.7 Å². The van der Waals surface area contributed by atoms with E-state index in [1.807, 2.05) is 18.3 Å². The minimum atomic E-state index is 0.567. The van der Waals surface area contributed by atoms with Gasteiger partial charge in [0.2, 0.25) is 0 Å². The Hall–Kier alpha value is -1.62. The molecule has 0 bridgehead atoms. The van der Waals surface area contributed by atoms with Crippen molar-refractivity contribution in [2.24, 2.45) is 0 Å². The van der Waals surface area contributed by atoms with Gasteiger partial charge in [-0.1, -0.05) is 0 Å². The molecule has 17 heavy (non-hydrogen) atoms. The number of hydrogen-bond acceptors (Lipinski definition) is 4. The number of hydrogen-bond donors (Lipinski definition) is 1. The Labute approximate surface area is 100 Å². The van der Waals surface area contributed by atoms with E-state index in [4.69, 9.17) is 0 Å². The number of aromatic nitrogens is 3. The molecule has 1 atom stereocenters. The van der Waals surface area contributed by atoms with Gasteiger partial charge in [0.1, 0.15) is 5.82 Å². The predicted octanol–water partition coefficient (Wildman–Crippen LogP) is 0.917. The first-order valence-electron chi connectivity index (χ1n) is 6.16. The van der Waals surface area contributed by atoms with E-state index in [2.05, 4.69) is 27.2 Å². The minimum absolute atomic E-state index is 0.567. The van der Waals surface area contributed by atoms with Crippen molar-refractivity contribution in [2.45, 2.75) is 19.4 Å². The molecule has 0 amide bonds. The van der Waals surface area contributed by atoms with Gasteiger partial charge in [0.25, 0.3) is 0 Å². The highest BCUT2D eigenvalue weighted by Gasteiger charge is 2.22. The average molecular weight is 231 g/mol. The summed E-state index contributed by atoms with van der Waals surface area (Å²) in [5.41, 5.74) is 0.909. The second kappa shape index (κ2) is 4.33. The zero-order valence-electron chi connectivity index (χ0n) is 10.0. The molecular weight excluding hydrogens is 214 g/mol. The topological polar surface area (TPSA) is 45.5 Å². The van der Waals surface area contributed by atoms with Crippen LogP contribution in [0.25, 0.3) is 5.65 Å². The standard InChI is InChI=1S/C12H17N5/c1-2-16(10-3-6-13-9-10)11-5-8-17-12(15-11)4-7-14-17/h4-5,7-8,10,13H,2-3,6,9H2,1H3. The summed E-state index contributed by atoms with van der Waals surface area (Å²) in [5.74, 6) is 1.05. The van der Waals surface area contributed by atoms with Gasteiger partial charge >= 0.3 is 0 Å². The van der Waals surface area contributed by atoms with Crippen LogP contribution in [0.1, 0.15) is 13.3 Å². The molecule has 1 unspecified atom stereocenters. The zero-order valence-corrected chi connectivity index (χ0v) is 10.0. The van der Waals surface area contributed by atoms with Crippen molar-refractivity contribution in [3.05, 3.63) is 24.5 Å². The summed E-state index contributed by atoms with van der Waals surface area (Å²) in [6.07, 6.45) is 4.95. The molecule has 1 N–H and O–H groups in total. The lowest BCUT2D eigenvalue weighted by Crippen LogP contribution is -2.37. The maximum Gasteiger partial charge on any atom is 0.157 e. The van der Waals surface area contributed by atoms with E-state index in [0.29, 0.717) is 6.04 Å². The lowest BCUT2D eigenvalue weighted by Gasteiger charge is -2.28. The summed E-state index contributed by atoms with van der Waals surface area (Å²) in [4.78, 5) is 7.02. The van der Waals surface area contributed by atoms with Crippen LogP contribution in [-0.2, 0) is 0 Å². The third-order valence-corrected chi connectivity index (χ3v) is 3.35. The molecule has 1 aliphatic heterocycles. The summed E-state index contributed by atoms with van der Waals surface area (Å²) in [6.45, 7) is 5.33. The molecule has 1 fully saturated rings. The van der Waals surface area contributed by atoms with Crippen LogP contribution in [0, 0.1) is 0 Å². The first-order chi connectivity index (χ1) is 8.38. The highest BCUT2D eigenvalue weighted by molar-refractivity contribution is 5.48. The maximum absolute atomic E-state index is 4.65. The van der Waals surface area contributed by atoms with Gasteiger partial charge in [-0.3, -0.25) is 0 Å². The Morgan fingerprint density at radius 2 is 2.47 bits per heavy atom. The number of rotatable bonds is 3. The van der Waals surface area contributed by atoms with Gasteiger partial charge in [0.05, 0.1) is 6.20 Å². The van der Waals surface area contributed by atoms with Crippen molar-refractivity contribution in [2.75, 3.05) is 24.5 Å². The molecule has 0 saturated carbocycles. The Morgan fingerprint density at radius 1 is 1.53 bits per heavy atom. The number of fused-ring (bicyclic) bond motifs is 1. The van der Waals surface area contributed by atoms with Gasteiger partial charge in [-0.05, 0) is 26.0 Å². The smallest absolute Gasteiger partial charge is 0.157 e. The molecule has 0 aromatic carbocycles. The first kappa shape index (κ1) is 10.5. The molecule has 3 heterocycles. The third kappa shape index (κ3) is 1.86. The highest BCUT2D eigenvalue weighted by atomic mass is 15.3. The van der Waals surface area contributed by atoms with Gasteiger partial charge in [0.15, 0.2) is 5.65 Å². The third-order valence-electron chi connectivity index (χ3n) is 3.35. The van der Waals surface area contributed by atoms with Gasteiger partial charge < -0.3 is 10.2 Å². The summed E-state index contributed by atoms with van der Waals surface area (Å²) < 4.78 is 1.80. The molecule has 0 aliphatic carbocycles. The van der Waals surface area contributed by atoms with Crippen LogP contribution in [0.2, 0.25) is 0 Å². The zero-order chi connectivity index (χ0) is 11.7. The molecule has 0 radical (unpaired) electrons. The van der Waals surface area contributed by atoms with Crippen LogP contribution in [-0.4, -0.2) is 40.3 Å². The van der Waals surface area contributed by atoms with E-state index in [-0.39, 0.29) is 0 Å². The molecule has 5 heteroatoms. The molecule has 5 nitrogen and oxygen atoms in total. The second-order valence-corrected chi connectivity index (χ2v) is 4.35. The molecule has 0 spiro atoms. The van der Waals surface area contributed by atoms with Crippen LogP contribution in [0.3, 0.4) is 0 Å². The summed E-state index contributed by atoms with van der Waals surface area (Å²) in [7, 11) is 0. The molecule has 2 aromatic rings. The van der Waals surface area contributed by atoms with Crippen LogP contribution < -0.4 is 10.2 Å². The van der Waals surface area contributed by atoms with Crippen LogP contribution >= 0.6 is 0 Å². The fraction of sp³-hybridized carbons (Fsp3) is 0.500. The first-order valence-corrected chi connectivity index (χ1v) is 6.16. The lowest BCUT2D eigenvalue weighted by molar-refractivity contribution is 0.640. The molecule has 1 saturated heterocycles. The van der Waals surface area contributed by atoms with Crippen LogP contribution in [0.5, 0.6) is 0 Å². The Bertz CT molecular complexity index is 500. The van der Waals surface area contributed by atoms with Crippen LogP contribution in [0.15, 0.2) is 24.5 Å². The largest absolute Gasteiger partial charge is 0.352 e. The molecular formula is C12H17N5. The van der Waals surface area contributed by atoms with Crippen LogP contribution in [0.4, 0.5) is 5.82 Å². The maximum atomic E-state index is 4.65. The quantitative estimate of drug-likeness (QED) is 0.853. The van der Waals surface area contributed by atoms with Gasteiger partial charge in [-0.2, -0.15) is 5.10 Å². The second-order valence-electron chi connectivity index (χ2n) is 4.35. The molecule has 3 rings (SSSR count). The number of likely N-dealkylation sites (N-methyl/N-ethyl adjacent to an activating group) is 1. The average Bonchev–Trinajstić information content (AvgIpc) is 2.99. The van der Waals surface area contributed by atoms with Gasteiger partial charge in [-0.15, -0.1) is 0 Å². The summed E-state index contributed by atoms with van der Waals surface area (Å²) in [5, 5.41) is 7.57. The Kier molecular flexibility index (Phi) is 2.68. The molecule has 1 aliphatic rings. The fourth-order valence-electron chi connectivity index (χ4n) is 2.48. The van der Waals surface area contributed by atoms with Crippen molar-refractivity contribution in [3.63, 3.8) is 0 Å². The van der Waals surface area contributed by atoms with Crippen molar-refractivity contribution in [1.29, 1.82) is 0 Å². The molecule has 2 aromatic heterocycles. The van der Waals surface area contributed by atoms with Gasteiger partial charge in [-0.25, -0.2) is 9.50 Å². The fourth-order valence-corrected chi connectivity index (χ4v) is 2.48. The Balaban J connectivity index is 1.93. The lowest BCUT2D eigenvalue weighted by atomic mass is 10.2.